The Morgan fingerprint density at radius 2 is 1.58 bits per heavy atom. The number of imide groups is 1. The van der Waals surface area contributed by atoms with E-state index in [0.29, 0.717) is 34.7 Å². The van der Waals surface area contributed by atoms with Crippen LogP contribution in [-0.2, 0) is 14.0 Å². The van der Waals surface area contributed by atoms with Crippen LogP contribution in [0.4, 0.5) is 4.79 Å². The number of benzene rings is 2. The lowest BCUT2D eigenvalue weighted by Gasteiger charge is -2.47. The van der Waals surface area contributed by atoms with Gasteiger partial charge in [-0.3, -0.25) is 4.79 Å². The maximum absolute atomic E-state index is 14.7. The third-order valence-electron chi connectivity index (χ3n) is 10.1. The SMILES string of the molecule is COc1cc(C)cc([C@@H]2c3cc4c(cc3[C@H](C)[C@@H](CO[Si](C(C)C)(C(C)C)C(C)C)[C@H]2C(=O)N2CCOC2=O)OCO4)c1. The number of amides is 2. The number of rotatable bonds is 9. The van der Waals surface area contributed by atoms with Crippen molar-refractivity contribution in [2.75, 3.05) is 33.7 Å². The molecule has 2 aromatic rings. The Balaban J connectivity index is 1.71. The molecular formula is C34H47NO7Si. The fraction of sp³-hybridized carbons (Fsp3) is 0.588. The van der Waals surface area contributed by atoms with Gasteiger partial charge in [0.05, 0.1) is 19.6 Å². The number of fused-ring (bicyclic) bond motifs is 2. The van der Waals surface area contributed by atoms with E-state index in [1.165, 1.54) is 4.90 Å². The van der Waals surface area contributed by atoms with E-state index in [1.54, 1.807) is 7.11 Å². The maximum atomic E-state index is 14.7. The van der Waals surface area contributed by atoms with Crippen molar-refractivity contribution < 1.29 is 33.0 Å². The molecule has 4 atom stereocenters. The lowest BCUT2D eigenvalue weighted by Crippen LogP contribution is -2.52. The molecule has 0 radical (unpaired) electrons. The number of carbonyl (C=O) groups excluding carboxylic acids is 2. The summed E-state index contributed by atoms with van der Waals surface area (Å²) in [4.78, 5) is 28.8. The van der Waals surface area contributed by atoms with Crippen LogP contribution in [0.1, 0.15) is 82.6 Å². The van der Waals surface area contributed by atoms with Gasteiger partial charge < -0.3 is 23.4 Å². The molecule has 0 N–H and O–H groups in total. The topological polar surface area (TPSA) is 83.5 Å². The zero-order chi connectivity index (χ0) is 31.2. The number of hydrogen-bond acceptors (Lipinski definition) is 7. The summed E-state index contributed by atoms with van der Waals surface area (Å²) in [7, 11) is -0.611. The molecule has 5 rings (SSSR count). The third kappa shape index (κ3) is 5.43. The maximum Gasteiger partial charge on any atom is 0.416 e. The molecular weight excluding hydrogens is 562 g/mol. The molecule has 9 heteroatoms. The minimum atomic E-state index is -2.27. The van der Waals surface area contributed by atoms with Crippen LogP contribution in [-0.4, -0.2) is 58.9 Å². The Kier molecular flexibility index (Phi) is 8.87. The summed E-state index contributed by atoms with van der Waals surface area (Å²) in [6.45, 7) is 18.9. The summed E-state index contributed by atoms with van der Waals surface area (Å²) >= 11 is 0. The quantitative estimate of drug-likeness (QED) is 0.274. The van der Waals surface area contributed by atoms with Crippen molar-refractivity contribution in [1.82, 2.24) is 4.90 Å². The van der Waals surface area contributed by atoms with Gasteiger partial charge in [0, 0.05) is 18.4 Å². The van der Waals surface area contributed by atoms with Gasteiger partial charge in [-0.2, -0.15) is 0 Å². The van der Waals surface area contributed by atoms with Crippen LogP contribution in [0.15, 0.2) is 30.3 Å². The van der Waals surface area contributed by atoms with Gasteiger partial charge in [-0.1, -0.05) is 54.5 Å². The number of nitrogens with zero attached hydrogens (tertiary/aromatic N) is 1. The number of hydrogen-bond donors (Lipinski definition) is 0. The third-order valence-corrected chi connectivity index (χ3v) is 16.2. The zero-order valence-corrected chi connectivity index (χ0v) is 28.1. The van der Waals surface area contributed by atoms with Crippen LogP contribution in [0.3, 0.4) is 0 Å². The first-order valence-corrected chi connectivity index (χ1v) is 17.8. The lowest BCUT2D eigenvalue weighted by atomic mass is 9.62. The van der Waals surface area contributed by atoms with Crippen molar-refractivity contribution >= 4 is 20.3 Å². The van der Waals surface area contributed by atoms with Gasteiger partial charge in [0.25, 0.3) is 0 Å². The molecule has 2 aliphatic heterocycles. The summed E-state index contributed by atoms with van der Waals surface area (Å²) in [5.74, 6) is 0.711. The van der Waals surface area contributed by atoms with Crippen molar-refractivity contribution in [3.63, 3.8) is 0 Å². The highest BCUT2D eigenvalue weighted by atomic mass is 28.4. The molecule has 234 valence electrons. The fourth-order valence-corrected chi connectivity index (χ4v) is 13.6. The Bertz CT molecular complexity index is 1350. The van der Waals surface area contributed by atoms with Crippen LogP contribution in [0.2, 0.25) is 16.6 Å². The minimum absolute atomic E-state index is 0.0433. The number of methoxy groups -OCH3 is 1. The highest BCUT2D eigenvalue weighted by molar-refractivity contribution is 6.77. The molecule has 1 aliphatic carbocycles. The van der Waals surface area contributed by atoms with Gasteiger partial charge in [0.15, 0.2) is 19.8 Å². The molecule has 0 aromatic heterocycles. The summed E-state index contributed by atoms with van der Waals surface area (Å²) in [5, 5.41) is 0. The normalized spacial score (nSPS) is 23.3. The predicted molar refractivity (Wildman–Crippen MR) is 168 cm³/mol. The molecule has 2 aromatic carbocycles. The molecule has 0 unspecified atom stereocenters. The van der Waals surface area contributed by atoms with E-state index < -0.39 is 20.3 Å². The van der Waals surface area contributed by atoms with E-state index in [0.717, 1.165) is 28.0 Å². The average molecular weight is 610 g/mol. The van der Waals surface area contributed by atoms with E-state index in [1.807, 2.05) is 25.1 Å². The van der Waals surface area contributed by atoms with Crippen molar-refractivity contribution in [3.8, 4) is 17.2 Å². The van der Waals surface area contributed by atoms with Crippen LogP contribution in [0.5, 0.6) is 17.2 Å². The second kappa shape index (κ2) is 12.2. The van der Waals surface area contributed by atoms with Gasteiger partial charge in [-0.05, 0) is 76.0 Å². The Morgan fingerprint density at radius 3 is 2.14 bits per heavy atom. The Labute approximate surface area is 257 Å². The number of carbonyl (C=O) groups is 2. The Hall–Kier alpha value is -3.04. The lowest BCUT2D eigenvalue weighted by molar-refractivity contribution is -0.135. The van der Waals surface area contributed by atoms with Gasteiger partial charge in [-0.25, -0.2) is 9.69 Å². The van der Waals surface area contributed by atoms with E-state index >= 15 is 0 Å². The molecule has 2 heterocycles. The van der Waals surface area contributed by atoms with E-state index in [-0.39, 0.29) is 43.6 Å². The Morgan fingerprint density at radius 1 is 0.953 bits per heavy atom. The molecule has 1 fully saturated rings. The van der Waals surface area contributed by atoms with Crippen molar-refractivity contribution in [2.45, 2.75) is 83.8 Å². The first-order chi connectivity index (χ1) is 20.4. The highest BCUT2D eigenvalue weighted by Gasteiger charge is 2.52. The predicted octanol–water partition coefficient (Wildman–Crippen LogP) is 7.38. The summed E-state index contributed by atoms with van der Waals surface area (Å²) in [5.41, 5.74) is 5.29. The minimum Gasteiger partial charge on any atom is -0.497 e. The molecule has 43 heavy (non-hydrogen) atoms. The first kappa shape index (κ1) is 31.4. The zero-order valence-electron chi connectivity index (χ0n) is 27.1. The van der Waals surface area contributed by atoms with Gasteiger partial charge in [0.2, 0.25) is 12.7 Å². The second-order valence-electron chi connectivity index (χ2n) is 13.3. The number of aryl methyl sites for hydroxylation is 1. The molecule has 0 saturated carbocycles. The summed E-state index contributed by atoms with van der Waals surface area (Å²) in [6.07, 6.45) is -0.579. The van der Waals surface area contributed by atoms with Crippen molar-refractivity contribution in [3.05, 3.63) is 52.6 Å². The van der Waals surface area contributed by atoms with Crippen LogP contribution >= 0.6 is 0 Å². The van der Waals surface area contributed by atoms with Crippen LogP contribution < -0.4 is 14.2 Å². The van der Waals surface area contributed by atoms with E-state index in [9.17, 15) is 9.59 Å². The van der Waals surface area contributed by atoms with Crippen molar-refractivity contribution in [1.29, 1.82) is 0 Å². The van der Waals surface area contributed by atoms with E-state index in [4.69, 9.17) is 23.4 Å². The van der Waals surface area contributed by atoms with E-state index in [2.05, 4.69) is 60.6 Å². The average Bonchev–Trinajstić information content (AvgIpc) is 3.60. The number of cyclic esters (lactones) is 1. The molecule has 8 nitrogen and oxygen atoms in total. The molecule has 1 saturated heterocycles. The van der Waals surface area contributed by atoms with Crippen LogP contribution in [0.25, 0.3) is 0 Å². The second-order valence-corrected chi connectivity index (χ2v) is 18.8. The van der Waals surface area contributed by atoms with Crippen molar-refractivity contribution in [2.24, 2.45) is 11.8 Å². The molecule has 2 amide bonds. The van der Waals surface area contributed by atoms with Gasteiger partial charge >= 0.3 is 6.09 Å². The monoisotopic (exact) mass is 609 g/mol. The molecule has 3 aliphatic rings. The number of ether oxygens (including phenoxy) is 4. The fourth-order valence-electron chi connectivity index (χ4n) is 8.17. The standard InChI is InChI=1S/C34H47NO7Si/c1-19(2)43(20(3)4,21(5)6)42-17-28-23(8)26-15-29-30(41-18-40-29)16-27(26)31(24-12-22(7)13-25(14-24)38-9)32(28)33(36)35-10-11-39-34(35)37/h12-16,19-21,23,28,31-32H,10-11,17-18H2,1-9H3/t23-,28+,31+,32+/m0/s1. The van der Waals surface area contributed by atoms with Crippen LogP contribution in [0, 0.1) is 18.8 Å². The summed E-state index contributed by atoms with van der Waals surface area (Å²) in [6, 6.07) is 10.2. The molecule has 0 spiro atoms. The largest absolute Gasteiger partial charge is 0.497 e. The smallest absolute Gasteiger partial charge is 0.416 e. The first-order valence-electron chi connectivity index (χ1n) is 15.6. The van der Waals surface area contributed by atoms with Gasteiger partial charge in [-0.15, -0.1) is 0 Å². The summed E-state index contributed by atoms with van der Waals surface area (Å²) < 4.78 is 29.8. The molecule has 0 bridgehead atoms. The highest BCUT2D eigenvalue weighted by Crippen LogP contribution is 2.54. The van der Waals surface area contributed by atoms with Gasteiger partial charge in [0.1, 0.15) is 12.4 Å².